The van der Waals surface area contributed by atoms with Crippen LogP contribution in [-0.2, 0) is 16.2 Å². The van der Waals surface area contributed by atoms with Crippen molar-refractivity contribution in [3.63, 3.8) is 0 Å². The summed E-state index contributed by atoms with van der Waals surface area (Å²) in [6.07, 6.45) is 39.0. The second-order valence-corrected chi connectivity index (χ2v) is 29.0. The van der Waals surface area contributed by atoms with Crippen molar-refractivity contribution >= 4 is 27.7 Å². The Balaban J connectivity index is 0.910. The summed E-state index contributed by atoms with van der Waals surface area (Å²) in [6.45, 7) is 21.9. The summed E-state index contributed by atoms with van der Waals surface area (Å²) < 4.78 is 0. The number of fused-ring (bicyclic) bond motifs is 13. The fourth-order valence-electron chi connectivity index (χ4n) is 17.7. The SMILES string of the molecule is CC1(C)C2=CC(C3=C4C=C(N(C5=CCC(C(C)(C)C)C=C5)C5C=CC=CC5)C=CC4C(c4ccc5c(c4)C(C)(C)c4ccccc4-5)C4CC(N(c5ccccc5)c5ccc6c(c5)C(C)(C)c5c-6ccc6ccccc56)=CC=C34)CC=C2c2ccccc21. The third-order valence-corrected chi connectivity index (χ3v) is 22.1. The van der Waals surface area contributed by atoms with Gasteiger partial charge in [0.2, 0.25) is 0 Å². The second-order valence-electron chi connectivity index (χ2n) is 29.0. The van der Waals surface area contributed by atoms with Gasteiger partial charge in [-0.3, -0.25) is 0 Å². The van der Waals surface area contributed by atoms with E-state index in [-0.39, 0.29) is 51.4 Å². The van der Waals surface area contributed by atoms with Crippen molar-refractivity contribution in [3.8, 4) is 22.3 Å². The van der Waals surface area contributed by atoms with Gasteiger partial charge in [-0.15, -0.1) is 0 Å². The maximum Gasteiger partial charge on any atom is 0.0559 e. The van der Waals surface area contributed by atoms with Crippen LogP contribution in [0.3, 0.4) is 0 Å². The summed E-state index contributed by atoms with van der Waals surface area (Å²) >= 11 is 0. The van der Waals surface area contributed by atoms with Gasteiger partial charge in [0.05, 0.1) is 6.04 Å². The molecule has 0 aliphatic heterocycles. The summed E-state index contributed by atoms with van der Waals surface area (Å²) in [7, 11) is 0. The fourth-order valence-corrected chi connectivity index (χ4v) is 17.7. The molecule has 0 amide bonds. The van der Waals surface area contributed by atoms with E-state index >= 15 is 0 Å². The lowest BCUT2D eigenvalue weighted by atomic mass is 9.58. The largest absolute Gasteiger partial charge is 0.335 e. The third-order valence-electron chi connectivity index (χ3n) is 22.1. The number of nitrogens with zero attached hydrogens (tertiary/aromatic N) is 2. The van der Waals surface area contributed by atoms with Gasteiger partial charge in [-0.2, -0.15) is 0 Å². The zero-order valence-electron chi connectivity index (χ0n) is 52.2. The van der Waals surface area contributed by atoms with E-state index in [9.17, 15) is 0 Å². The first kappa shape index (κ1) is 54.0. The quantitative estimate of drug-likeness (QED) is 0.150. The standard InChI is InChI=1S/C85H80N2/c1-82(2,3)56-35-37-59(38-36-56)86(57-23-12-10-13-24-57)60-40-46-69-72(50-60)79(54-33-42-66-64-28-18-20-30-74(64)83(4,5)76(66)48-54)70-47-41-61(51-73(70)80(69)55-34-43-67-65-29-19-21-31-75(65)84(6,7)77(67)49-55)87(58-25-14-11-15-26-58)62-39-45-68-71-44-32-53-22-16-17-27-63(53)81(71)85(8,9)78(68)52-62/h10-23,25-32,34-35,37-50,52,54,56-57,69,73,80H,24,33,36,51H2,1-9H3. The molecule has 6 unspecified atom stereocenters. The van der Waals surface area contributed by atoms with Gasteiger partial charge in [-0.1, -0.05) is 250 Å². The first-order valence-corrected chi connectivity index (χ1v) is 32.4. The average Bonchev–Trinajstić information content (AvgIpc) is 1.89. The van der Waals surface area contributed by atoms with E-state index in [0.29, 0.717) is 5.92 Å². The van der Waals surface area contributed by atoms with Crippen LogP contribution in [0.5, 0.6) is 0 Å². The average molecular weight is 1130 g/mol. The van der Waals surface area contributed by atoms with Crippen molar-refractivity contribution in [2.24, 2.45) is 29.1 Å². The maximum atomic E-state index is 2.74. The molecule has 0 N–H and O–H groups in total. The zero-order valence-corrected chi connectivity index (χ0v) is 52.2. The number of anilines is 2. The Morgan fingerprint density at radius 1 is 0.540 bits per heavy atom. The minimum atomic E-state index is -0.195. The molecule has 2 nitrogen and oxygen atoms in total. The lowest BCUT2D eigenvalue weighted by Crippen LogP contribution is -2.38. The molecule has 0 saturated carbocycles. The van der Waals surface area contributed by atoms with Gasteiger partial charge in [0.15, 0.2) is 0 Å². The topological polar surface area (TPSA) is 6.48 Å². The molecule has 16 rings (SSSR count). The molecular weight excluding hydrogens is 1050 g/mol. The molecule has 0 aromatic heterocycles. The van der Waals surface area contributed by atoms with Gasteiger partial charge < -0.3 is 9.80 Å². The van der Waals surface area contributed by atoms with E-state index in [2.05, 4.69) is 309 Å². The van der Waals surface area contributed by atoms with E-state index in [1.54, 1.807) is 0 Å². The normalized spacial score (nSPS) is 24.4. The Morgan fingerprint density at radius 3 is 2.02 bits per heavy atom. The minimum Gasteiger partial charge on any atom is -0.335 e. The van der Waals surface area contributed by atoms with Crippen LogP contribution in [0.15, 0.2) is 276 Å². The minimum absolute atomic E-state index is 0.115. The molecule has 87 heavy (non-hydrogen) atoms. The number of para-hydroxylation sites is 1. The van der Waals surface area contributed by atoms with Crippen LogP contribution in [0.2, 0.25) is 0 Å². The molecule has 0 radical (unpaired) electrons. The van der Waals surface area contributed by atoms with Crippen LogP contribution in [0.25, 0.3) is 38.6 Å². The van der Waals surface area contributed by atoms with E-state index in [4.69, 9.17) is 0 Å². The number of hydrogen-bond donors (Lipinski definition) is 0. The van der Waals surface area contributed by atoms with Crippen molar-refractivity contribution in [2.75, 3.05) is 4.90 Å². The Morgan fingerprint density at radius 2 is 1.24 bits per heavy atom. The van der Waals surface area contributed by atoms with E-state index in [1.165, 1.54) is 128 Å². The molecule has 430 valence electrons. The van der Waals surface area contributed by atoms with Crippen LogP contribution in [-0.4, -0.2) is 10.9 Å². The van der Waals surface area contributed by atoms with Crippen LogP contribution in [0.1, 0.15) is 133 Å². The summed E-state index contributed by atoms with van der Waals surface area (Å²) in [5.41, 5.74) is 28.9. The Labute approximate surface area is 517 Å². The van der Waals surface area contributed by atoms with Crippen LogP contribution < -0.4 is 4.90 Å². The molecule has 0 bridgehead atoms. The van der Waals surface area contributed by atoms with Gasteiger partial charge in [0.25, 0.3) is 0 Å². The smallest absolute Gasteiger partial charge is 0.0559 e. The van der Waals surface area contributed by atoms with E-state index in [0.717, 1.165) is 25.7 Å². The van der Waals surface area contributed by atoms with Gasteiger partial charge in [0.1, 0.15) is 0 Å². The molecule has 2 heteroatoms. The monoisotopic (exact) mass is 1130 g/mol. The molecule has 6 atom stereocenters. The van der Waals surface area contributed by atoms with Gasteiger partial charge in [-0.05, 0) is 191 Å². The summed E-state index contributed by atoms with van der Waals surface area (Å²) in [6, 6.07) is 58.5. The molecule has 7 aromatic rings. The predicted octanol–water partition coefficient (Wildman–Crippen LogP) is 21.6. The van der Waals surface area contributed by atoms with E-state index < -0.39 is 0 Å². The molecule has 9 aliphatic carbocycles. The van der Waals surface area contributed by atoms with Gasteiger partial charge in [0, 0.05) is 62.5 Å². The lowest BCUT2D eigenvalue weighted by Gasteiger charge is -2.48. The molecule has 0 spiro atoms. The fraction of sp³-hybridized carbons (Fsp3) is 0.271. The van der Waals surface area contributed by atoms with Crippen molar-refractivity contribution in [1.29, 1.82) is 0 Å². The highest BCUT2D eigenvalue weighted by molar-refractivity contribution is 5.98. The van der Waals surface area contributed by atoms with Crippen molar-refractivity contribution in [1.82, 2.24) is 4.90 Å². The number of hydrogen-bond acceptors (Lipinski definition) is 2. The van der Waals surface area contributed by atoms with Gasteiger partial charge >= 0.3 is 0 Å². The maximum absolute atomic E-state index is 2.74. The van der Waals surface area contributed by atoms with Crippen LogP contribution in [0.4, 0.5) is 11.4 Å². The third kappa shape index (κ3) is 8.33. The first-order chi connectivity index (χ1) is 42.1. The molecular formula is C85H80N2. The summed E-state index contributed by atoms with van der Waals surface area (Å²) in [5.74, 6) is 1.12. The Kier molecular flexibility index (Phi) is 12.3. The Hall–Kier alpha value is -8.46. The highest BCUT2D eigenvalue weighted by Gasteiger charge is 2.48. The predicted molar refractivity (Wildman–Crippen MR) is 366 cm³/mol. The molecule has 0 saturated heterocycles. The lowest BCUT2D eigenvalue weighted by molar-refractivity contribution is 0.287. The molecule has 0 fully saturated rings. The number of benzene rings is 7. The Bertz CT molecular complexity index is 4440. The summed E-state index contributed by atoms with van der Waals surface area (Å²) in [4.78, 5) is 5.30. The molecule has 0 heterocycles. The number of allylic oxidation sites excluding steroid dienone is 18. The highest BCUT2D eigenvalue weighted by atomic mass is 15.2. The first-order valence-electron chi connectivity index (χ1n) is 32.4. The highest BCUT2D eigenvalue weighted by Crippen LogP contribution is 2.61. The molecule has 9 aliphatic rings. The van der Waals surface area contributed by atoms with Crippen LogP contribution >= 0.6 is 0 Å². The summed E-state index contributed by atoms with van der Waals surface area (Å²) in [5, 5.41) is 2.65. The number of rotatable bonds is 8. The molecule has 7 aromatic carbocycles. The van der Waals surface area contributed by atoms with Crippen LogP contribution in [0, 0.1) is 29.1 Å². The van der Waals surface area contributed by atoms with E-state index in [1.807, 2.05) is 0 Å². The van der Waals surface area contributed by atoms with Crippen molar-refractivity contribution in [3.05, 3.63) is 315 Å². The zero-order chi connectivity index (χ0) is 59.3. The second kappa shape index (κ2) is 19.8. The van der Waals surface area contributed by atoms with Crippen molar-refractivity contribution < 1.29 is 0 Å². The van der Waals surface area contributed by atoms with Crippen molar-refractivity contribution in [2.45, 2.75) is 116 Å². The van der Waals surface area contributed by atoms with Gasteiger partial charge in [-0.25, -0.2) is 0 Å².